The summed E-state index contributed by atoms with van der Waals surface area (Å²) in [5, 5.41) is 8.53. The Hall–Kier alpha value is -1.36. The molecule has 0 bridgehead atoms. The first kappa shape index (κ1) is 12.7. The van der Waals surface area contributed by atoms with Gasteiger partial charge in [0.1, 0.15) is 12.1 Å². The average Bonchev–Trinajstić information content (AvgIpc) is 3.00. The van der Waals surface area contributed by atoms with Crippen molar-refractivity contribution in [1.29, 1.82) is 0 Å². The molecule has 0 spiro atoms. The number of carboxylic acid groups (broad SMARTS) is 1. The minimum absolute atomic E-state index is 0.0760. The van der Waals surface area contributed by atoms with E-state index >= 15 is 0 Å². The van der Waals surface area contributed by atoms with Gasteiger partial charge in [-0.25, -0.2) is 0 Å². The molecule has 0 amide bonds. The third kappa shape index (κ3) is 5.50. The highest BCUT2D eigenvalue weighted by molar-refractivity contribution is 5.73. The number of aliphatic carboxylic acids is 1. The summed E-state index contributed by atoms with van der Waals surface area (Å²) in [7, 11) is 0. The van der Waals surface area contributed by atoms with Crippen LogP contribution in [0.4, 0.5) is 0 Å². The fourth-order valence-corrected chi connectivity index (χ4v) is 1.27. The fraction of sp³-hybridized carbons (Fsp3) is 0.636. The molecule has 1 rings (SSSR count). The van der Waals surface area contributed by atoms with Crippen LogP contribution < -0.4 is 5.73 Å². The Labute approximate surface area is 94.3 Å². The van der Waals surface area contributed by atoms with Gasteiger partial charge in [0.15, 0.2) is 0 Å². The molecule has 1 aliphatic rings. The number of nitrogens with two attached hydrogens (primary N) is 1. The SMILES string of the molecule is N[C@@H](CCCCCC(=O)OC1C=C1)C(=O)O. The van der Waals surface area contributed by atoms with Crippen molar-refractivity contribution in [3.8, 4) is 0 Å². The molecule has 0 aromatic heterocycles. The van der Waals surface area contributed by atoms with Crippen molar-refractivity contribution in [2.24, 2.45) is 5.73 Å². The van der Waals surface area contributed by atoms with Gasteiger partial charge in [-0.05, 0) is 25.0 Å². The molecule has 0 aliphatic heterocycles. The van der Waals surface area contributed by atoms with E-state index in [1.54, 1.807) is 0 Å². The van der Waals surface area contributed by atoms with Crippen molar-refractivity contribution in [2.45, 2.75) is 44.2 Å². The predicted octanol–water partition coefficient (Wildman–Crippen LogP) is 0.830. The van der Waals surface area contributed by atoms with Crippen LogP contribution in [0.3, 0.4) is 0 Å². The summed E-state index contributed by atoms with van der Waals surface area (Å²) >= 11 is 0. The van der Waals surface area contributed by atoms with E-state index in [1.165, 1.54) is 0 Å². The Morgan fingerprint density at radius 1 is 1.31 bits per heavy atom. The van der Waals surface area contributed by atoms with Gasteiger partial charge in [-0.1, -0.05) is 12.8 Å². The van der Waals surface area contributed by atoms with Gasteiger partial charge in [-0.2, -0.15) is 0 Å². The van der Waals surface area contributed by atoms with Crippen LogP contribution >= 0.6 is 0 Å². The molecule has 0 heterocycles. The van der Waals surface area contributed by atoms with E-state index in [1.807, 2.05) is 12.2 Å². The molecule has 90 valence electrons. The number of esters is 1. The first-order valence-electron chi connectivity index (χ1n) is 5.46. The standard InChI is InChI=1S/C11H17NO4/c12-9(11(14)15)4-2-1-3-5-10(13)16-8-6-7-8/h6-9H,1-5,12H2,(H,14,15)/t9-/m0/s1. The third-order valence-electron chi connectivity index (χ3n) is 2.33. The Balaban J connectivity index is 1.90. The van der Waals surface area contributed by atoms with Gasteiger partial charge in [-0.15, -0.1) is 0 Å². The molecule has 16 heavy (non-hydrogen) atoms. The summed E-state index contributed by atoms with van der Waals surface area (Å²) in [5.41, 5.74) is 5.33. The number of unbranched alkanes of at least 4 members (excludes halogenated alkanes) is 2. The molecule has 1 atom stereocenters. The predicted molar refractivity (Wildman–Crippen MR) is 57.7 cm³/mol. The number of hydrogen-bond donors (Lipinski definition) is 2. The number of carbonyl (C=O) groups excluding carboxylic acids is 1. The van der Waals surface area contributed by atoms with Gasteiger partial charge < -0.3 is 15.6 Å². The van der Waals surface area contributed by atoms with Gasteiger partial charge in [0.05, 0.1) is 0 Å². The van der Waals surface area contributed by atoms with E-state index < -0.39 is 12.0 Å². The molecule has 0 unspecified atom stereocenters. The molecular weight excluding hydrogens is 210 g/mol. The summed E-state index contributed by atoms with van der Waals surface area (Å²) in [6.07, 6.45) is 6.63. The quantitative estimate of drug-likeness (QED) is 0.364. The number of hydrogen-bond acceptors (Lipinski definition) is 4. The van der Waals surface area contributed by atoms with E-state index in [-0.39, 0.29) is 12.1 Å². The second kappa shape index (κ2) is 6.27. The molecule has 5 nitrogen and oxygen atoms in total. The largest absolute Gasteiger partial charge is 0.480 e. The van der Waals surface area contributed by atoms with Gasteiger partial charge in [0.25, 0.3) is 0 Å². The lowest BCUT2D eigenvalue weighted by Gasteiger charge is -2.05. The van der Waals surface area contributed by atoms with E-state index in [2.05, 4.69) is 0 Å². The van der Waals surface area contributed by atoms with Crippen LogP contribution in [0, 0.1) is 0 Å². The van der Waals surface area contributed by atoms with Crippen LogP contribution in [0.25, 0.3) is 0 Å². The average molecular weight is 227 g/mol. The summed E-state index contributed by atoms with van der Waals surface area (Å²) in [5.74, 6) is -1.17. The number of carbonyl (C=O) groups is 2. The van der Waals surface area contributed by atoms with Crippen molar-refractivity contribution >= 4 is 11.9 Å². The lowest BCUT2D eigenvalue weighted by atomic mass is 10.1. The van der Waals surface area contributed by atoms with E-state index in [0.29, 0.717) is 12.8 Å². The smallest absolute Gasteiger partial charge is 0.320 e. The zero-order chi connectivity index (χ0) is 12.0. The van der Waals surface area contributed by atoms with Gasteiger partial charge in [0, 0.05) is 6.42 Å². The van der Waals surface area contributed by atoms with E-state index in [4.69, 9.17) is 15.6 Å². The molecular formula is C11H17NO4. The van der Waals surface area contributed by atoms with Crippen molar-refractivity contribution < 1.29 is 19.4 Å². The highest BCUT2D eigenvalue weighted by atomic mass is 16.5. The maximum atomic E-state index is 11.1. The summed E-state index contributed by atoms with van der Waals surface area (Å²) in [6.45, 7) is 0. The molecule has 0 saturated heterocycles. The number of rotatable bonds is 8. The van der Waals surface area contributed by atoms with Crippen molar-refractivity contribution in [1.82, 2.24) is 0 Å². The topological polar surface area (TPSA) is 89.6 Å². The molecule has 0 aromatic carbocycles. The molecule has 0 radical (unpaired) electrons. The van der Waals surface area contributed by atoms with Gasteiger partial charge in [-0.3, -0.25) is 9.59 Å². The minimum atomic E-state index is -0.973. The number of ether oxygens (including phenoxy) is 1. The maximum absolute atomic E-state index is 11.1. The van der Waals surface area contributed by atoms with Crippen LogP contribution in [-0.2, 0) is 14.3 Å². The van der Waals surface area contributed by atoms with Crippen molar-refractivity contribution in [3.05, 3.63) is 12.2 Å². The first-order chi connectivity index (χ1) is 7.59. The highest BCUT2D eigenvalue weighted by Gasteiger charge is 2.16. The first-order valence-corrected chi connectivity index (χ1v) is 5.46. The Kier molecular flexibility index (Phi) is 4.98. The molecule has 1 aliphatic carbocycles. The van der Waals surface area contributed by atoms with Gasteiger partial charge >= 0.3 is 11.9 Å². The molecule has 3 N–H and O–H groups in total. The zero-order valence-corrected chi connectivity index (χ0v) is 9.09. The second-order valence-corrected chi connectivity index (χ2v) is 3.88. The van der Waals surface area contributed by atoms with Crippen LogP contribution in [0.2, 0.25) is 0 Å². The lowest BCUT2D eigenvalue weighted by Crippen LogP contribution is -2.29. The normalized spacial score (nSPS) is 15.8. The van der Waals surface area contributed by atoms with Crippen LogP contribution in [0.1, 0.15) is 32.1 Å². The Morgan fingerprint density at radius 3 is 2.56 bits per heavy atom. The fourth-order valence-electron chi connectivity index (χ4n) is 1.27. The van der Waals surface area contributed by atoms with E-state index in [9.17, 15) is 9.59 Å². The minimum Gasteiger partial charge on any atom is -0.480 e. The third-order valence-corrected chi connectivity index (χ3v) is 2.33. The summed E-state index contributed by atoms with van der Waals surface area (Å²) < 4.78 is 4.96. The summed E-state index contributed by atoms with van der Waals surface area (Å²) in [6, 6.07) is -0.789. The van der Waals surface area contributed by atoms with Crippen LogP contribution in [0.5, 0.6) is 0 Å². The zero-order valence-electron chi connectivity index (χ0n) is 9.09. The summed E-state index contributed by atoms with van der Waals surface area (Å²) in [4.78, 5) is 21.5. The molecule has 0 saturated carbocycles. The monoisotopic (exact) mass is 227 g/mol. The Bertz CT molecular complexity index is 282. The van der Waals surface area contributed by atoms with Gasteiger partial charge in [0.2, 0.25) is 0 Å². The van der Waals surface area contributed by atoms with Crippen molar-refractivity contribution in [3.63, 3.8) is 0 Å². The molecule has 5 heteroatoms. The highest BCUT2D eigenvalue weighted by Crippen LogP contribution is 2.13. The molecule has 0 aromatic rings. The van der Waals surface area contributed by atoms with Crippen molar-refractivity contribution in [2.75, 3.05) is 0 Å². The van der Waals surface area contributed by atoms with Crippen LogP contribution in [-0.4, -0.2) is 29.2 Å². The van der Waals surface area contributed by atoms with Crippen LogP contribution in [0.15, 0.2) is 12.2 Å². The lowest BCUT2D eigenvalue weighted by molar-refractivity contribution is -0.144. The maximum Gasteiger partial charge on any atom is 0.320 e. The molecule has 0 fully saturated rings. The second-order valence-electron chi connectivity index (χ2n) is 3.88. The van der Waals surface area contributed by atoms with E-state index in [0.717, 1.165) is 19.3 Å². The number of carboxylic acids is 1. The Morgan fingerprint density at radius 2 is 2.00 bits per heavy atom.